The molecule has 3 aromatic carbocycles. The van der Waals surface area contributed by atoms with Crippen LogP contribution in [-0.2, 0) is 33.9 Å². The number of hydrogen-bond acceptors (Lipinski definition) is 7. The van der Waals surface area contributed by atoms with Gasteiger partial charge < -0.3 is 24.7 Å². The van der Waals surface area contributed by atoms with E-state index in [0.717, 1.165) is 38.9 Å². The number of rotatable bonds is 12. The monoisotopic (exact) mass is 544 g/mol. The highest BCUT2D eigenvalue weighted by atomic mass is 16.5. The van der Waals surface area contributed by atoms with E-state index in [2.05, 4.69) is 19.9 Å². The van der Waals surface area contributed by atoms with Crippen LogP contribution in [-0.4, -0.2) is 42.4 Å². The van der Waals surface area contributed by atoms with Gasteiger partial charge in [0.25, 0.3) is 0 Å². The van der Waals surface area contributed by atoms with Crippen molar-refractivity contribution in [2.24, 2.45) is 5.73 Å². The Hall–Kier alpha value is -4.37. The molecule has 1 heterocycles. The predicted octanol–water partition coefficient (Wildman–Crippen LogP) is 5.41. The van der Waals surface area contributed by atoms with Gasteiger partial charge in [0, 0.05) is 29.7 Å². The van der Waals surface area contributed by atoms with Crippen LogP contribution < -0.4 is 15.2 Å². The van der Waals surface area contributed by atoms with Gasteiger partial charge in [0.15, 0.2) is 0 Å². The zero-order valence-corrected chi connectivity index (χ0v) is 23.6. The molecule has 0 unspecified atom stereocenters. The molecule has 0 radical (unpaired) electrons. The molecule has 9 heteroatoms. The average molecular weight is 545 g/mol. The minimum Gasteiger partial charge on any atom is -0.495 e. The molecule has 40 heavy (non-hydrogen) atoms. The second-order valence-electron chi connectivity index (χ2n) is 9.66. The van der Waals surface area contributed by atoms with Crippen LogP contribution in [0.1, 0.15) is 49.2 Å². The number of esters is 1. The van der Waals surface area contributed by atoms with Crippen molar-refractivity contribution in [2.45, 2.75) is 46.4 Å². The molecular weight excluding hydrogens is 508 g/mol. The first-order valence-corrected chi connectivity index (χ1v) is 13.2. The van der Waals surface area contributed by atoms with Gasteiger partial charge in [0.05, 0.1) is 37.8 Å². The van der Waals surface area contributed by atoms with Gasteiger partial charge >= 0.3 is 5.97 Å². The first-order valence-electron chi connectivity index (χ1n) is 13.2. The quantitative estimate of drug-likeness (QED) is 0.139. The zero-order chi connectivity index (χ0) is 28.8. The third-order valence-electron chi connectivity index (χ3n) is 6.53. The fourth-order valence-electron chi connectivity index (χ4n) is 4.75. The van der Waals surface area contributed by atoms with E-state index in [1.54, 1.807) is 27.2 Å². The van der Waals surface area contributed by atoms with Gasteiger partial charge in [-0.3, -0.25) is 14.9 Å². The molecule has 0 spiro atoms. The van der Waals surface area contributed by atoms with E-state index in [0.29, 0.717) is 30.3 Å². The lowest BCUT2D eigenvalue weighted by molar-refractivity contribution is -0.142. The van der Waals surface area contributed by atoms with E-state index in [1.807, 2.05) is 47.1 Å². The van der Waals surface area contributed by atoms with Crippen LogP contribution >= 0.6 is 0 Å². The minimum absolute atomic E-state index is 0.0587. The van der Waals surface area contributed by atoms with Crippen LogP contribution in [0.2, 0.25) is 0 Å². The first kappa shape index (κ1) is 28.6. The van der Waals surface area contributed by atoms with E-state index in [4.69, 9.17) is 35.2 Å². The third-order valence-corrected chi connectivity index (χ3v) is 6.53. The highest BCUT2D eigenvalue weighted by Crippen LogP contribution is 2.36. The summed E-state index contributed by atoms with van der Waals surface area (Å²) in [7, 11) is 3.21. The van der Waals surface area contributed by atoms with Crippen LogP contribution in [0.4, 0.5) is 0 Å². The van der Waals surface area contributed by atoms with Crippen LogP contribution in [0.3, 0.4) is 0 Å². The molecular formula is C31H36N4O5. The number of carbonyl (C=O) groups excluding carboxylic acids is 1. The lowest BCUT2D eigenvalue weighted by Crippen LogP contribution is -2.12. The fourth-order valence-corrected chi connectivity index (χ4v) is 4.75. The Labute approximate surface area is 234 Å². The molecule has 1 aromatic heterocycles. The van der Waals surface area contributed by atoms with Gasteiger partial charge in [0.2, 0.25) is 0 Å². The molecule has 0 fully saturated rings. The fraction of sp³-hybridized carbons (Fsp3) is 0.323. The number of carbonyl (C=O) groups is 1. The lowest BCUT2D eigenvalue weighted by atomic mass is 9.99. The molecule has 210 valence electrons. The Morgan fingerprint density at radius 2 is 1.88 bits per heavy atom. The van der Waals surface area contributed by atoms with Crippen LogP contribution in [0, 0.1) is 5.41 Å². The van der Waals surface area contributed by atoms with Crippen molar-refractivity contribution in [1.82, 2.24) is 9.78 Å². The number of amidine groups is 1. The van der Waals surface area contributed by atoms with Gasteiger partial charge in [-0.15, -0.1) is 0 Å². The predicted molar refractivity (Wildman–Crippen MR) is 155 cm³/mol. The van der Waals surface area contributed by atoms with E-state index in [9.17, 15) is 4.79 Å². The Morgan fingerprint density at radius 3 is 2.55 bits per heavy atom. The van der Waals surface area contributed by atoms with E-state index in [1.165, 1.54) is 0 Å². The van der Waals surface area contributed by atoms with Gasteiger partial charge in [-0.05, 0) is 62.2 Å². The summed E-state index contributed by atoms with van der Waals surface area (Å²) in [4.78, 5) is 12.3. The molecule has 0 saturated heterocycles. The largest absolute Gasteiger partial charge is 0.495 e. The normalized spacial score (nSPS) is 11.2. The maximum Gasteiger partial charge on any atom is 0.310 e. The van der Waals surface area contributed by atoms with Crippen molar-refractivity contribution < 1.29 is 23.7 Å². The number of ether oxygens (including phenoxy) is 4. The Balaban J connectivity index is 1.74. The number of nitrogen functional groups attached to an aromatic ring is 1. The van der Waals surface area contributed by atoms with Crippen LogP contribution in [0.15, 0.2) is 54.6 Å². The van der Waals surface area contributed by atoms with Crippen molar-refractivity contribution in [3.63, 3.8) is 0 Å². The highest BCUT2D eigenvalue weighted by molar-refractivity contribution is 6.00. The molecule has 0 aliphatic rings. The van der Waals surface area contributed by atoms with Gasteiger partial charge in [-0.2, -0.15) is 5.10 Å². The third kappa shape index (κ3) is 6.10. The van der Waals surface area contributed by atoms with Gasteiger partial charge in [-0.25, -0.2) is 0 Å². The Kier molecular flexibility index (Phi) is 9.06. The molecule has 9 nitrogen and oxygen atoms in total. The van der Waals surface area contributed by atoms with Gasteiger partial charge in [-0.1, -0.05) is 24.3 Å². The summed E-state index contributed by atoms with van der Waals surface area (Å²) >= 11 is 0. The lowest BCUT2D eigenvalue weighted by Gasteiger charge is -2.14. The van der Waals surface area contributed by atoms with Crippen molar-refractivity contribution in [3.8, 4) is 22.6 Å². The van der Waals surface area contributed by atoms with Crippen molar-refractivity contribution in [1.29, 1.82) is 5.41 Å². The van der Waals surface area contributed by atoms with Crippen molar-refractivity contribution >= 4 is 22.7 Å². The summed E-state index contributed by atoms with van der Waals surface area (Å²) in [5, 5.41) is 13.8. The highest BCUT2D eigenvalue weighted by Gasteiger charge is 2.19. The molecule has 0 bridgehead atoms. The standard InChI is InChI=1S/C31H36N4O5/c1-6-39-29(36)16-22-14-20(17-37-4)10-13-28(22)40-18-26-25-15-21(11-12-27(25)35(34-26)19(2)3)23-8-7-9-24(31(32)33)30(23)38-5/h7-15,19H,6,16-18H2,1-5H3,(H3,32,33). The summed E-state index contributed by atoms with van der Waals surface area (Å²) < 4.78 is 24.4. The Bertz CT molecular complexity index is 1530. The smallest absolute Gasteiger partial charge is 0.310 e. The number of benzene rings is 3. The number of nitrogens with two attached hydrogens (primary N) is 1. The minimum atomic E-state index is -0.317. The topological polar surface area (TPSA) is 122 Å². The Morgan fingerprint density at radius 1 is 1.07 bits per heavy atom. The number of methoxy groups -OCH3 is 2. The van der Waals surface area contributed by atoms with Crippen molar-refractivity contribution in [3.05, 3.63) is 77.0 Å². The molecule has 0 amide bonds. The number of para-hydroxylation sites is 1. The molecule has 0 aliphatic carbocycles. The van der Waals surface area contributed by atoms with E-state index >= 15 is 0 Å². The maximum absolute atomic E-state index is 12.3. The zero-order valence-electron chi connectivity index (χ0n) is 23.6. The maximum atomic E-state index is 12.3. The number of aromatic nitrogens is 2. The van der Waals surface area contributed by atoms with E-state index < -0.39 is 0 Å². The molecule has 0 atom stereocenters. The number of nitrogens with one attached hydrogen (secondary N) is 1. The summed E-state index contributed by atoms with van der Waals surface area (Å²) in [6.07, 6.45) is 0.0956. The molecule has 0 aliphatic heterocycles. The molecule has 4 rings (SSSR count). The van der Waals surface area contributed by atoms with Gasteiger partial charge in [0.1, 0.15) is 29.6 Å². The summed E-state index contributed by atoms with van der Waals surface area (Å²) in [5.41, 5.74) is 11.5. The first-order chi connectivity index (χ1) is 19.3. The van der Waals surface area contributed by atoms with E-state index in [-0.39, 0.29) is 30.9 Å². The van der Waals surface area contributed by atoms with Crippen LogP contribution in [0.25, 0.3) is 22.0 Å². The second-order valence-corrected chi connectivity index (χ2v) is 9.66. The molecule has 4 aromatic rings. The summed E-state index contributed by atoms with van der Waals surface area (Å²) in [6, 6.07) is 17.5. The van der Waals surface area contributed by atoms with Crippen molar-refractivity contribution in [2.75, 3.05) is 20.8 Å². The number of fused-ring (bicyclic) bond motifs is 1. The summed E-state index contributed by atoms with van der Waals surface area (Å²) in [5.74, 6) is 0.759. The summed E-state index contributed by atoms with van der Waals surface area (Å²) in [6.45, 7) is 6.88. The molecule has 3 N–H and O–H groups in total. The second kappa shape index (κ2) is 12.7. The SMILES string of the molecule is CCOC(=O)Cc1cc(COC)ccc1OCc1nn(C(C)C)c2ccc(-c3cccc(C(=N)N)c3OC)cc12. The average Bonchev–Trinajstić information content (AvgIpc) is 3.30. The number of hydrogen-bond donors (Lipinski definition) is 2. The number of nitrogens with zero attached hydrogens (tertiary/aromatic N) is 2. The molecule has 0 saturated carbocycles. The van der Waals surface area contributed by atoms with Crippen LogP contribution in [0.5, 0.6) is 11.5 Å².